The van der Waals surface area contributed by atoms with Crippen LogP contribution in [0, 0.1) is 6.92 Å². The van der Waals surface area contributed by atoms with Gasteiger partial charge in [0, 0.05) is 22.7 Å². The molecule has 0 saturated carbocycles. The number of rotatable bonds is 3. The molecule has 96 valence electrons. The monoisotopic (exact) mass is 255 g/mol. The fraction of sp³-hybridized carbons (Fsp3) is 0.133. The number of methoxy groups -OCH3 is 1. The smallest absolute Gasteiger partial charge is 0.198 e. The van der Waals surface area contributed by atoms with E-state index in [1.807, 2.05) is 18.2 Å². The molecule has 2 aromatic heterocycles. The molecule has 4 nitrogen and oxygen atoms in total. The average molecular weight is 255 g/mol. The Morgan fingerprint density at radius 1 is 1.26 bits per heavy atom. The van der Waals surface area contributed by atoms with Crippen molar-refractivity contribution in [2.75, 3.05) is 7.11 Å². The van der Waals surface area contributed by atoms with Gasteiger partial charge in [0.05, 0.1) is 18.9 Å². The standard InChI is InChI=1S/C15H13NO3/c1-9-11(5-6-19-9)15(17)13-8-16-14-4-3-10(18-2)7-12(13)14/h3-8,16H,1-2H3. The minimum atomic E-state index is -0.0502. The van der Waals surface area contributed by atoms with Crippen LogP contribution in [0.15, 0.2) is 41.1 Å². The van der Waals surface area contributed by atoms with E-state index in [9.17, 15) is 4.79 Å². The number of aromatic amines is 1. The lowest BCUT2D eigenvalue weighted by molar-refractivity contribution is 0.103. The topological polar surface area (TPSA) is 55.2 Å². The summed E-state index contributed by atoms with van der Waals surface area (Å²) < 4.78 is 10.4. The van der Waals surface area contributed by atoms with Crippen molar-refractivity contribution in [3.8, 4) is 5.75 Å². The van der Waals surface area contributed by atoms with Crippen molar-refractivity contribution in [2.24, 2.45) is 0 Å². The molecule has 0 atom stereocenters. The van der Waals surface area contributed by atoms with E-state index in [4.69, 9.17) is 9.15 Å². The summed E-state index contributed by atoms with van der Waals surface area (Å²) in [5.74, 6) is 1.30. The molecule has 0 aliphatic heterocycles. The number of aryl methyl sites for hydroxylation is 1. The molecular formula is C15H13NO3. The molecule has 0 unspecified atom stereocenters. The van der Waals surface area contributed by atoms with Crippen molar-refractivity contribution >= 4 is 16.7 Å². The number of hydrogen-bond donors (Lipinski definition) is 1. The van der Waals surface area contributed by atoms with Crippen molar-refractivity contribution < 1.29 is 13.9 Å². The van der Waals surface area contributed by atoms with Crippen molar-refractivity contribution in [3.05, 3.63) is 53.6 Å². The molecule has 0 bridgehead atoms. The van der Waals surface area contributed by atoms with E-state index in [-0.39, 0.29) is 5.78 Å². The van der Waals surface area contributed by atoms with Crippen molar-refractivity contribution in [1.82, 2.24) is 4.98 Å². The summed E-state index contributed by atoms with van der Waals surface area (Å²) in [4.78, 5) is 15.6. The van der Waals surface area contributed by atoms with Crippen LogP contribution in [0.5, 0.6) is 5.75 Å². The molecule has 0 saturated heterocycles. The number of aromatic nitrogens is 1. The first-order valence-corrected chi connectivity index (χ1v) is 5.94. The second-order valence-corrected chi connectivity index (χ2v) is 4.33. The first-order valence-electron chi connectivity index (χ1n) is 5.94. The van der Waals surface area contributed by atoms with E-state index < -0.39 is 0 Å². The summed E-state index contributed by atoms with van der Waals surface area (Å²) in [5.41, 5.74) is 2.12. The van der Waals surface area contributed by atoms with Gasteiger partial charge in [-0.25, -0.2) is 0 Å². The van der Waals surface area contributed by atoms with E-state index >= 15 is 0 Å². The largest absolute Gasteiger partial charge is 0.497 e. The lowest BCUT2D eigenvalue weighted by Gasteiger charge is -2.01. The average Bonchev–Trinajstić information content (AvgIpc) is 3.03. The van der Waals surface area contributed by atoms with Crippen LogP contribution >= 0.6 is 0 Å². The molecule has 3 rings (SSSR count). The Balaban J connectivity index is 2.15. The first-order chi connectivity index (χ1) is 9.20. The van der Waals surface area contributed by atoms with Crippen molar-refractivity contribution in [1.29, 1.82) is 0 Å². The second kappa shape index (κ2) is 4.31. The van der Waals surface area contributed by atoms with Crippen LogP contribution in [0.2, 0.25) is 0 Å². The van der Waals surface area contributed by atoms with Gasteiger partial charge >= 0.3 is 0 Å². The third kappa shape index (κ3) is 1.81. The van der Waals surface area contributed by atoms with Crippen LogP contribution < -0.4 is 4.74 Å². The van der Waals surface area contributed by atoms with Gasteiger partial charge in [-0.05, 0) is 31.2 Å². The molecule has 0 aliphatic rings. The number of carbonyl (C=O) groups excluding carboxylic acids is 1. The SMILES string of the molecule is COc1ccc2[nH]cc(C(=O)c3ccoc3C)c2c1. The maximum atomic E-state index is 12.5. The Labute approximate surface area is 110 Å². The van der Waals surface area contributed by atoms with Crippen LogP contribution in [-0.4, -0.2) is 17.9 Å². The number of carbonyl (C=O) groups is 1. The molecule has 2 heterocycles. The maximum Gasteiger partial charge on any atom is 0.198 e. The molecule has 1 N–H and O–H groups in total. The summed E-state index contributed by atoms with van der Waals surface area (Å²) in [7, 11) is 1.61. The Bertz CT molecular complexity index is 752. The zero-order valence-corrected chi connectivity index (χ0v) is 10.7. The predicted molar refractivity (Wildman–Crippen MR) is 71.7 cm³/mol. The van der Waals surface area contributed by atoms with Crippen LogP contribution in [0.4, 0.5) is 0 Å². The highest BCUT2D eigenvalue weighted by Gasteiger charge is 2.17. The third-order valence-corrected chi connectivity index (χ3v) is 3.24. The fourth-order valence-corrected chi connectivity index (χ4v) is 2.18. The molecule has 0 aliphatic carbocycles. The van der Waals surface area contributed by atoms with Crippen LogP contribution in [-0.2, 0) is 0 Å². The van der Waals surface area contributed by atoms with Gasteiger partial charge in [0.15, 0.2) is 5.78 Å². The highest BCUT2D eigenvalue weighted by atomic mass is 16.5. The van der Waals surface area contributed by atoms with E-state index in [2.05, 4.69) is 4.98 Å². The number of ketones is 1. The normalized spacial score (nSPS) is 10.8. The molecule has 0 amide bonds. The lowest BCUT2D eigenvalue weighted by Crippen LogP contribution is -2.00. The van der Waals surface area contributed by atoms with Gasteiger partial charge in [-0.3, -0.25) is 4.79 Å². The van der Waals surface area contributed by atoms with E-state index in [1.165, 1.54) is 6.26 Å². The molecule has 1 aromatic carbocycles. The first kappa shape index (κ1) is 11.6. The number of ether oxygens (including phenoxy) is 1. The summed E-state index contributed by atoms with van der Waals surface area (Å²) >= 11 is 0. The Kier molecular flexibility index (Phi) is 2.63. The number of fused-ring (bicyclic) bond motifs is 1. The Hall–Kier alpha value is -2.49. The summed E-state index contributed by atoms with van der Waals surface area (Å²) in [6.45, 7) is 1.78. The van der Waals surface area contributed by atoms with Gasteiger partial charge < -0.3 is 14.1 Å². The van der Waals surface area contributed by atoms with Gasteiger partial charge in [-0.1, -0.05) is 0 Å². The van der Waals surface area contributed by atoms with Gasteiger partial charge in [0.25, 0.3) is 0 Å². The Morgan fingerprint density at radius 3 is 2.79 bits per heavy atom. The minimum Gasteiger partial charge on any atom is -0.497 e. The zero-order valence-electron chi connectivity index (χ0n) is 10.7. The quantitative estimate of drug-likeness (QED) is 0.730. The predicted octanol–water partition coefficient (Wildman–Crippen LogP) is 3.31. The van der Waals surface area contributed by atoms with Crippen LogP contribution in [0.3, 0.4) is 0 Å². The number of H-pyrrole nitrogens is 1. The molecule has 0 radical (unpaired) electrons. The summed E-state index contributed by atoms with van der Waals surface area (Å²) in [6.07, 6.45) is 3.25. The molecule has 4 heteroatoms. The van der Waals surface area contributed by atoms with Crippen LogP contribution in [0.1, 0.15) is 21.7 Å². The molecular weight excluding hydrogens is 242 g/mol. The van der Waals surface area contributed by atoms with Gasteiger partial charge in [0.1, 0.15) is 11.5 Å². The highest BCUT2D eigenvalue weighted by Crippen LogP contribution is 2.26. The second-order valence-electron chi connectivity index (χ2n) is 4.33. The van der Waals surface area contributed by atoms with Gasteiger partial charge in [0.2, 0.25) is 0 Å². The van der Waals surface area contributed by atoms with E-state index in [0.29, 0.717) is 16.9 Å². The number of benzene rings is 1. The van der Waals surface area contributed by atoms with Crippen molar-refractivity contribution in [2.45, 2.75) is 6.92 Å². The Morgan fingerprint density at radius 2 is 2.11 bits per heavy atom. The van der Waals surface area contributed by atoms with E-state index in [1.54, 1.807) is 26.3 Å². The molecule has 0 fully saturated rings. The maximum absolute atomic E-state index is 12.5. The van der Waals surface area contributed by atoms with Gasteiger partial charge in [-0.2, -0.15) is 0 Å². The zero-order chi connectivity index (χ0) is 13.4. The third-order valence-electron chi connectivity index (χ3n) is 3.24. The lowest BCUT2D eigenvalue weighted by atomic mass is 10.0. The number of nitrogens with one attached hydrogen (secondary N) is 1. The molecule has 19 heavy (non-hydrogen) atoms. The molecule has 0 spiro atoms. The fourth-order valence-electron chi connectivity index (χ4n) is 2.18. The van der Waals surface area contributed by atoms with E-state index in [0.717, 1.165) is 16.7 Å². The minimum absolute atomic E-state index is 0.0502. The number of furan rings is 1. The van der Waals surface area contributed by atoms with Crippen molar-refractivity contribution in [3.63, 3.8) is 0 Å². The summed E-state index contributed by atoms with van der Waals surface area (Å²) in [5, 5.41) is 0.852. The summed E-state index contributed by atoms with van der Waals surface area (Å²) in [6, 6.07) is 7.30. The van der Waals surface area contributed by atoms with Gasteiger partial charge in [-0.15, -0.1) is 0 Å². The number of hydrogen-bond acceptors (Lipinski definition) is 3. The van der Waals surface area contributed by atoms with Crippen LogP contribution in [0.25, 0.3) is 10.9 Å². The highest BCUT2D eigenvalue weighted by molar-refractivity contribution is 6.16. The molecule has 3 aromatic rings.